The molecule has 2 aliphatic rings. The van der Waals surface area contributed by atoms with Gasteiger partial charge in [-0.3, -0.25) is 0 Å². The molecule has 2 aromatic rings. The van der Waals surface area contributed by atoms with E-state index in [0.29, 0.717) is 5.75 Å². The van der Waals surface area contributed by atoms with Crippen LogP contribution in [-0.4, -0.2) is 18.2 Å². The molecule has 1 aliphatic heterocycles. The van der Waals surface area contributed by atoms with Gasteiger partial charge in [0.25, 0.3) is 0 Å². The second-order valence-corrected chi connectivity index (χ2v) is 7.24. The molecule has 1 saturated heterocycles. The Morgan fingerprint density at radius 2 is 1.77 bits per heavy atom. The number of aromatic hydroxyl groups is 1. The van der Waals surface area contributed by atoms with Crippen molar-refractivity contribution < 1.29 is 5.11 Å². The fraction of sp³-hybridized carbons (Fsp3) is 0.400. The minimum Gasteiger partial charge on any atom is -0.508 e. The molecule has 0 radical (unpaired) electrons. The molecule has 0 amide bonds. The van der Waals surface area contributed by atoms with Gasteiger partial charge < -0.3 is 10.4 Å². The number of nitrogens with one attached hydrogen (secondary N) is 1. The van der Waals surface area contributed by atoms with Gasteiger partial charge in [-0.2, -0.15) is 0 Å². The molecule has 2 nitrogen and oxygen atoms in total. The number of benzene rings is 2. The molecule has 1 fully saturated rings. The monoisotopic (exact) mass is 293 g/mol. The van der Waals surface area contributed by atoms with Crippen molar-refractivity contribution in [3.05, 3.63) is 65.2 Å². The topological polar surface area (TPSA) is 32.3 Å². The molecule has 4 rings (SSSR count). The third-order valence-electron chi connectivity index (χ3n) is 5.99. The van der Waals surface area contributed by atoms with Crippen molar-refractivity contribution in [3.8, 4) is 5.75 Å². The van der Waals surface area contributed by atoms with Crippen molar-refractivity contribution in [2.45, 2.75) is 31.6 Å². The molecule has 22 heavy (non-hydrogen) atoms. The minimum atomic E-state index is 0.116. The Morgan fingerprint density at radius 1 is 1.00 bits per heavy atom. The first-order valence-electron chi connectivity index (χ1n) is 8.20. The molecule has 2 heteroatoms. The summed E-state index contributed by atoms with van der Waals surface area (Å²) in [5, 5.41) is 13.6. The largest absolute Gasteiger partial charge is 0.508 e. The molecule has 0 spiro atoms. The molecule has 1 heterocycles. The van der Waals surface area contributed by atoms with E-state index in [0.717, 1.165) is 32.4 Å². The van der Waals surface area contributed by atoms with E-state index in [1.165, 1.54) is 16.7 Å². The number of phenols is 1. The Hall–Kier alpha value is -1.80. The van der Waals surface area contributed by atoms with Gasteiger partial charge in [0, 0.05) is 12.0 Å². The third-order valence-corrected chi connectivity index (χ3v) is 5.99. The van der Waals surface area contributed by atoms with Crippen LogP contribution >= 0.6 is 0 Å². The molecule has 0 saturated carbocycles. The summed E-state index contributed by atoms with van der Waals surface area (Å²) >= 11 is 0. The molecular formula is C20H23NO. The summed E-state index contributed by atoms with van der Waals surface area (Å²) in [5.41, 5.74) is 4.57. The van der Waals surface area contributed by atoms with Crippen LogP contribution in [0.1, 0.15) is 30.0 Å². The summed E-state index contributed by atoms with van der Waals surface area (Å²) < 4.78 is 0. The Labute approximate surface area is 132 Å². The van der Waals surface area contributed by atoms with Crippen molar-refractivity contribution in [2.24, 2.45) is 5.41 Å². The smallest absolute Gasteiger partial charge is 0.115 e. The summed E-state index contributed by atoms with van der Waals surface area (Å²) in [5.74, 6) is 0.381. The van der Waals surface area contributed by atoms with Crippen molar-refractivity contribution in [1.29, 1.82) is 0 Å². The lowest BCUT2D eigenvalue weighted by atomic mass is 9.50. The van der Waals surface area contributed by atoms with Crippen molar-refractivity contribution in [1.82, 2.24) is 5.32 Å². The number of hydrogen-bond acceptors (Lipinski definition) is 2. The van der Waals surface area contributed by atoms with E-state index in [2.05, 4.69) is 42.6 Å². The number of rotatable bonds is 1. The highest BCUT2D eigenvalue weighted by molar-refractivity contribution is 5.43. The maximum atomic E-state index is 9.99. The lowest BCUT2D eigenvalue weighted by Gasteiger charge is -2.56. The second-order valence-electron chi connectivity index (χ2n) is 7.24. The third kappa shape index (κ3) is 1.90. The maximum absolute atomic E-state index is 9.99. The van der Waals surface area contributed by atoms with Gasteiger partial charge in [0.2, 0.25) is 0 Å². The first kappa shape index (κ1) is 13.8. The average molecular weight is 293 g/mol. The normalized spacial score (nSPS) is 30.4. The Morgan fingerprint density at radius 3 is 2.55 bits per heavy atom. The molecule has 114 valence electrons. The van der Waals surface area contributed by atoms with E-state index in [-0.39, 0.29) is 10.8 Å². The number of piperidine rings is 1. The second kappa shape index (κ2) is 4.85. The molecule has 1 unspecified atom stereocenters. The summed E-state index contributed by atoms with van der Waals surface area (Å²) in [6.45, 7) is 4.50. The van der Waals surface area contributed by atoms with Gasteiger partial charge in [-0.05, 0) is 60.0 Å². The zero-order chi connectivity index (χ0) is 15.2. The Balaban J connectivity index is 1.90. The molecule has 0 bridgehead atoms. The van der Waals surface area contributed by atoms with E-state index in [9.17, 15) is 5.11 Å². The maximum Gasteiger partial charge on any atom is 0.115 e. The predicted octanol–water partition coefficient (Wildman–Crippen LogP) is 3.43. The van der Waals surface area contributed by atoms with E-state index in [4.69, 9.17) is 0 Å². The number of fused-ring (bicyclic) bond motifs is 2. The van der Waals surface area contributed by atoms with Crippen LogP contribution in [0.15, 0.2) is 48.5 Å². The molecule has 2 atom stereocenters. The molecule has 0 aromatic heterocycles. The lowest BCUT2D eigenvalue weighted by molar-refractivity contribution is 0.0769. The number of hydrogen-bond donors (Lipinski definition) is 2. The van der Waals surface area contributed by atoms with Crippen LogP contribution in [0, 0.1) is 5.41 Å². The minimum absolute atomic E-state index is 0.116. The summed E-state index contributed by atoms with van der Waals surface area (Å²) in [4.78, 5) is 0. The van der Waals surface area contributed by atoms with Gasteiger partial charge in [-0.15, -0.1) is 0 Å². The van der Waals surface area contributed by atoms with Crippen LogP contribution in [0.25, 0.3) is 0 Å². The van der Waals surface area contributed by atoms with Crippen molar-refractivity contribution >= 4 is 0 Å². The molecule has 1 aliphatic carbocycles. The summed E-state index contributed by atoms with van der Waals surface area (Å²) in [6, 6.07) is 16.8. The van der Waals surface area contributed by atoms with Crippen LogP contribution in [0.2, 0.25) is 0 Å². The Bertz CT molecular complexity index is 710. The highest BCUT2D eigenvalue weighted by Crippen LogP contribution is 2.54. The highest BCUT2D eigenvalue weighted by atomic mass is 16.3. The van der Waals surface area contributed by atoms with Gasteiger partial charge >= 0.3 is 0 Å². The van der Waals surface area contributed by atoms with E-state index < -0.39 is 0 Å². The standard InChI is InChI=1S/C20H23NO/c1-19-12-15-5-2-3-6-16(15)13-20(19,9-10-21-14-19)17-7-4-8-18(22)11-17/h2-8,11,21-22H,9-10,12-14H2,1H3/t19-,20?/m1/s1. The van der Waals surface area contributed by atoms with E-state index >= 15 is 0 Å². The quantitative estimate of drug-likeness (QED) is 0.844. The van der Waals surface area contributed by atoms with Crippen molar-refractivity contribution in [3.63, 3.8) is 0 Å². The van der Waals surface area contributed by atoms with Gasteiger partial charge in [0.15, 0.2) is 0 Å². The van der Waals surface area contributed by atoms with E-state index in [1.807, 2.05) is 12.1 Å². The summed E-state index contributed by atoms with van der Waals surface area (Å²) in [6.07, 6.45) is 3.30. The van der Waals surface area contributed by atoms with Crippen LogP contribution in [0.5, 0.6) is 5.75 Å². The van der Waals surface area contributed by atoms with Gasteiger partial charge in [0.05, 0.1) is 0 Å². The van der Waals surface area contributed by atoms with Crippen LogP contribution < -0.4 is 5.32 Å². The zero-order valence-electron chi connectivity index (χ0n) is 13.1. The predicted molar refractivity (Wildman–Crippen MR) is 89.2 cm³/mol. The van der Waals surface area contributed by atoms with Crippen LogP contribution in [0.4, 0.5) is 0 Å². The Kier molecular flexibility index (Phi) is 3.05. The van der Waals surface area contributed by atoms with Gasteiger partial charge in [-0.25, -0.2) is 0 Å². The highest BCUT2D eigenvalue weighted by Gasteiger charge is 2.53. The molecule has 2 N–H and O–H groups in total. The average Bonchev–Trinajstić information content (AvgIpc) is 2.52. The number of phenolic OH excluding ortho intramolecular Hbond substituents is 1. The SMILES string of the molecule is C[C@@]12CNCCC1(c1cccc(O)c1)Cc1ccccc1C2. The molecular weight excluding hydrogens is 270 g/mol. The van der Waals surface area contributed by atoms with Gasteiger partial charge in [-0.1, -0.05) is 43.3 Å². The fourth-order valence-electron chi connectivity index (χ4n) is 4.72. The summed E-state index contributed by atoms with van der Waals surface area (Å²) in [7, 11) is 0. The molecule has 2 aromatic carbocycles. The first-order chi connectivity index (χ1) is 10.6. The fourth-order valence-corrected chi connectivity index (χ4v) is 4.72. The van der Waals surface area contributed by atoms with E-state index in [1.54, 1.807) is 6.07 Å². The first-order valence-corrected chi connectivity index (χ1v) is 8.20. The lowest BCUT2D eigenvalue weighted by Crippen LogP contribution is -2.59. The van der Waals surface area contributed by atoms with Crippen LogP contribution in [-0.2, 0) is 18.3 Å². The van der Waals surface area contributed by atoms with Crippen LogP contribution in [0.3, 0.4) is 0 Å². The van der Waals surface area contributed by atoms with Crippen molar-refractivity contribution in [2.75, 3.05) is 13.1 Å². The van der Waals surface area contributed by atoms with Gasteiger partial charge in [0.1, 0.15) is 5.75 Å². The zero-order valence-corrected chi connectivity index (χ0v) is 13.1.